The number of benzene rings is 1. The number of nitrogens with two attached hydrogens (primary N) is 1. The van der Waals surface area contributed by atoms with Gasteiger partial charge >= 0.3 is 13.2 Å². The molecule has 7 heteroatoms. The maximum atomic E-state index is 11.2. The molecule has 2 rings (SSSR count). The topological polar surface area (TPSA) is 114 Å². The molecule has 0 atom stereocenters. The molecule has 0 spiro atoms. The highest BCUT2D eigenvalue weighted by atomic mass is 31.2. The van der Waals surface area contributed by atoms with Crippen molar-refractivity contribution in [2.75, 3.05) is 5.73 Å². The first-order valence-electron chi connectivity index (χ1n) is 4.72. The summed E-state index contributed by atoms with van der Waals surface area (Å²) in [5.74, 6) is 0. The monoisotopic (exact) mass is 255 g/mol. The molecule has 1 aromatic heterocycles. The molecule has 90 valence electrons. The van der Waals surface area contributed by atoms with Crippen LogP contribution < -0.4 is 11.4 Å². The van der Waals surface area contributed by atoms with E-state index < -0.39 is 19.4 Å². The van der Waals surface area contributed by atoms with Gasteiger partial charge in [0.2, 0.25) is 0 Å². The third-order valence-corrected chi connectivity index (χ3v) is 2.98. The lowest BCUT2D eigenvalue weighted by Gasteiger charge is -2.07. The van der Waals surface area contributed by atoms with Crippen LogP contribution in [0.15, 0.2) is 33.5 Å². The van der Waals surface area contributed by atoms with E-state index >= 15 is 0 Å². The zero-order valence-corrected chi connectivity index (χ0v) is 9.55. The molecule has 0 saturated carbocycles. The predicted molar refractivity (Wildman–Crippen MR) is 62.6 cm³/mol. The third kappa shape index (κ3) is 2.74. The van der Waals surface area contributed by atoms with Gasteiger partial charge < -0.3 is 19.9 Å². The van der Waals surface area contributed by atoms with Crippen LogP contribution in [0.1, 0.15) is 5.56 Å². The van der Waals surface area contributed by atoms with Crippen LogP contribution in [0.3, 0.4) is 0 Å². The molecule has 0 bridgehead atoms. The second-order valence-electron chi connectivity index (χ2n) is 3.67. The Morgan fingerprint density at radius 1 is 1.29 bits per heavy atom. The lowest BCUT2D eigenvalue weighted by Crippen LogP contribution is -2.01. The lowest BCUT2D eigenvalue weighted by molar-refractivity contribution is 0.372. The molecule has 0 saturated heterocycles. The van der Waals surface area contributed by atoms with Crippen molar-refractivity contribution in [3.63, 3.8) is 0 Å². The van der Waals surface area contributed by atoms with Gasteiger partial charge in [-0.25, -0.2) is 4.79 Å². The second kappa shape index (κ2) is 4.00. The van der Waals surface area contributed by atoms with Crippen molar-refractivity contribution >= 4 is 24.3 Å². The molecule has 1 heterocycles. The minimum Gasteiger partial charge on any atom is -0.423 e. The van der Waals surface area contributed by atoms with Gasteiger partial charge in [0.15, 0.2) is 0 Å². The molecular formula is C10H10NO5P. The summed E-state index contributed by atoms with van der Waals surface area (Å²) in [6, 6.07) is 5.67. The number of hydrogen-bond acceptors (Lipinski definition) is 4. The van der Waals surface area contributed by atoms with Crippen molar-refractivity contribution in [3.8, 4) is 0 Å². The van der Waals surface area contributed by atoms with E-state index in [0.717, 1.165) is 6.07 Å². The molecule has 0 aliphatic rings. The average Bonchev–Trinajstić information content (AvgIpc) is 2.13. The molecule has 0 amide bonds. The van der Waals surface area contributed by atoms with Gasteiger partial charge in [-0.1, -0.05) is 0 Å². The van der Waals surface area contributed by atoms with Gasteiger partial charge in [-0.15, -0.1) is 0 Å². The molecule has 0 aliphatic heterocycles. The second-order valence-corrected chi connectivity index (χ2v) is 5.31. The van der Waals surface area contributed by atoms with Crippen LogP contribution in [0.2, 0.25) is 0 Å². The Kier molecular flexibility index (Phi) is 2.79. The van der Waals surface area contributed by atoms with E-state index in [1.165, 1.54) is 6.07 Å². The van der Waals surface area contributed by atoms with Crippen molar-refractivity contribution in [1.29, 1.82) is 0 Å². The minimum atomic E-state index is -4.24. The van der Waals surface area contributed by atoms with Crippen LogP contribution in [0, 0.1) is 0 Å². The number of rotatable bonds is 2. The predicted octanol–water partition coefficient (Wildman–Crippen LogP) is 1.05. The fourth-order valence-corrected chi connectivity index (χ4v) is 2.30. The van der Waals surface area contributed by atoms with Crippen LogP contribution in [-0.4, -0.2) is 9.79 Å². The van der Waals surface area contributed by atoms with Crippen LogP contribution >= 0.6 is 7.60 Å². The summed E-state index contributed by atoms with van der Waals surface area (Å²) in [6.07, 6.45) is -0.501. The van der Waals surface area contributed by atoms with Crippen LogP contribution in [0.25, 0.3) is 11.0 Å². The molecule has 0 aliphatic carbocycles. The summed E-state index contributed by atoms with van der Waals surface area (Å²) in [5, 5.41) is 0.474. The summed E-state index contributed by atoms with van der Waals surface area (Å²) < 4.78 is 15.9. The summed E-state index contributed by atoms with van der Waals surface area (Å²) in [7, 11) is -4.24. The molecule has 0 radical (unpaired) electrons. The molecule has 6 nitrogen and oxygen atoms in total. The van der Waals surface area contributed by atoms with E-state index in [9.17, 15) is 9.36 Å². The Balaban J connectivity index is 2.70. The van der Waals surface area contributed by atoms with Crippen LogP contribution in [0.4, 0.5) is 5.69 Å². The van der Waals surface area contributed by atoms with Gasteiger partial charge in [0.05, 0.1) is 6.16 Å². The summed E-state index contributed by atoms with van der Waals surface area (Å²) in [5.41, 5.74) is 5.76. The normalized spacial score (nSPS) is 11.9. The SMILES string of the molecule is Nc1ccc2c(CP(=O)(O)O)cc(=O)oc2c1. The molecule has 4 N–H and O–H groups in total. The van der Waals surface area contributed by atoms with Gasteiger partial charge in [-0.3, -0.25) is 4.57 Å². The Morgan fingerprint density at radius 3 is 2.65 bits per heavy atom. The first-order valence-corrected chi connectivity index (χ1v) is 6.52. The zero-order chi connectivity index (χ0) is 12.6. The maximum Gasteiger partial charge on any atom is 0.336 e. The van der Waals surface area contributed by atoms with Crippen molar-refractivity contribution in [1.82, 2.24) is 0 Å². The van der Waals surface area contributed by atoms with E-state index in [-0.39, 0.29) is 11.1 Å². The number of anilines is 1. The maximum absolute atomic E-state index is 11.2. The summed E-state index contributed by atoms with van der Waals surface area (Å²) in [6.45, 7) is 0. The zero-order valence-electron chi connectivity index (χ0n) is 8.66. The Morgan fingerprint density at radius 2 is 2.00 bits per heavy atom. The Labute approximate surface area is 95.8 Å². The fourth-order valence-electron chi connectivity index (χ4n) is 1.60. The largest absolute Gasteiger partial charge is 0.423 e. The van der Waals surface area contributed by atoms with Crippen LogP contribution in [-0.2, 0) is 10.7 Å². The average molecular weight is 255 g/mol. The number of fused-ring (bicyclic) bond motifs is 1. The lowest BCUT2D eigenvalue weighted by atomic mass is 10.1. The van der Waals surface area contributed by atoms with E-state index in [1.807, 2.05) is 0 Å². The van der Waals surface area contributed by atoms with Gasteiger partial charge in [-0.2, -0.15) is 0 Å². The molecule has 2 aromatic rings. The highest BCUT2D eigenvalue weighted by Crippen LogP contribution is 2.40. The highest BCUT2D eigenvalue weighted by Gasteiger charge is 2.17. The third-order valence-electron chi connectivity index (χ3n) is 2.23. The Hall–Kier alpha value is -1.62. The van der Waals surface area contributed by atoms with Crippen molar-refractivity contribution in [2.45, 2.75) is 6.16 Å². The molecule has 1 aromatic carbocycles. The highest BCUT2D eigenvalue weighted by molar-refractivity contribution is 7.50. The van der Waals surface area contributed by atoms with Gasteiger partial charge in [0.1, 0.15) is 5.58 Å². The van der Waals surface area contributed by atoms with Gasteiger partial charge in [-0.05, 0) is 17.7 Å². The standard InChI is InChI=1S/C10H10NO5P/c11-7-1-2-8-6(5-17(13,14)15)3-10(12)16-9(8)4-7/h1-4H,5,11H2,(H2,13,14,15). The summed E-state index contributed by atoms with van der Waals surface area (Å²) >= 11 is 0. The van der Waals surface area contributed by atoms with Crippen LogP contribution in [0.5, 0.6) is 0 Å². The van der Waals surface area contributed by atoms with Gasteiger partial charge in [0.25, 0.3) is 0 Å². The quantitative estimate of drug-likeness (QED) is 0.420. The van der Waals surface area contributed by atoms with E-state index in [2.05, 4.69) is 0 Å². The fraction of sp³-hybridized carbons (Fsp3) is 0.100. The first-order chi connectivity index (χ1) is 7.85. The molecule has 0 unspecified atom stereocenters. The molecular weight excluding hydrogens is 245 g/mol. The van der Waals surface area contributed by atoms with Crippen molar-refractivity contribution < 1.29 is 18.8 Å². The number of nitrogen functional groups attached to an aromatic ring is 1. The summed E-state index contributed by atoms with van der Waals surface area (Å²) in [4.78, 5) is 29.1. The minimum absolute atomic E-state index is 0.223. The van der Waals surface area contributed by atoms with Crippen molar-refractivity contribution in [3.05, 3.63) is 40.2 Å². The van der Waals surface area contributed by atoms with E-state index in [0.29, 0.717) is 11.1 Å². The smallest absolute Gasteiger partial charge is 0.336 e. The van der Waals surface area contributed by atoms with Gasteiger partial charge in [0, 0.05) is 23.2 Å². The van der Waals surface area contributed by atoms with E-state index in [4.69, 9.17) is 19.9 Å². The molecule has 0 fully saturated rings. The number of hydrogen-bond donors (Lipinski definition) is 3. The van der Waals surface area contributed by atoms with E-state index in [1.54, 1.807) is 12.1 Å². The Bertz CT molecular complexity index is 672. The first kappa shape index (κ1) is 11.9. The molecule has 17 heavy (non-hydrogen) atoms. The van der Waals surface area contributed by atoms with Crippen molar-refractivity contribution in [2.24, 2.45) is 0 Å².